The van der Waals surface area contributed by atoms with Crippen molar-refractivity contribution in [2.24, 2.45) is 0 Å². The number of hydrogen-bond acceptors (Lipinski definition) is 7. The Kier molecular flexibility index (Phi) is 7.97. The third-order valence-electron chi connectivity index (χ3n) is 3.91. The van der Waals surface area contributed by atoms with Crippen LogP contribution in [-0.4, -0.2) is 51.1 Å². The molecule has 0 atom stereocenters. The highest BCUT2D eigenvalue weighted by atomic mass is 32.2. The lowest BCUT2D eigenvalue weighted by Crippen LogP contribution is -2.00. The second-order valence-electron chi connectivity index (χ2n) is 5.70. The summed E-state index contributed by atoms with van der Waals surface area (Å²) >= 11 is 1.13. The maximum Gasteiger partial charge on any atom is 0.313 e. The number of ketones is 1. The molecule has 154 valence electrons. The first-order valence-corrected chi connectivity index (χ1v) is 9.47. The van der Waals surface area contributed by atoms with Crippen molar-refractivity contribution in [1.82, 2.24) is 0 Å². The van der Waals surface area contributed by atoms with E-state index in [9.17, 15) is 9.59 Å². The van der Waals surface area contributed by atoms with Crippen molar-refractivity contribution >= 4 is 29.6 Å². The topological polar surface area (TPSA) is 91.3 Å². The number of methoxy groups -OCH3 is 4. The van der Waals surface area contributed by atoms with Crippen LogP contribution < -0.4 is 18.9 Å². The molecule has 2 rings (SSSR count). The quantitative estimate of drug-likeness (QED) is 0.354. The van der Waals surface area contributed by atoms with E-state index in [0.29, 0.717) is 39.0 Å². The van der Waals surface area contributed by atoms with E-state index in [2.05, 4.69) is 0 Å². The van der Waals surface area contributed by atoms with Crippen LogP contribution in [0.3, 0.4) is 0 Å². The van der Waals surface area contributed by atoms with Crippen molar-refractivity contribution < 1.29 is 33.6 Å². The highest BCUT2D eigenvalue weighted by Gasteiger charge is 2.13. The number of rotatable bonds is 10. The van der Waals surface area contributed by atoms with Gasteiger partial charge in [-0.2, -0.15) is 0 Å². The van der Waals surface area contributed by atoms with E-state index in [1.54, 1.807) is 36.4 Å². The Morgan fingerprint density at radius 3 is 2.07 bits per heavy atom. The summed E-state index contributed by atoms with van der Waals surface area (Å²) in [7, 11) is 6.03. The third kappa shape index (κ3) is 5.68. The number of carboxylic acid groups (broad SMARTS) is 1. The SMILES string of the molecule is COc1cc(C(=O)/C=C\c2cc(OC)c(OC)c(OC)c2)ccc1SCC(=O)O. The lowest BCUT2D eigenvalue weighted by molar-refractivity contribution is -0.133. The summed E-state index contributed by atoms with van der Waals surface area (Å²) in [6.45, 7) is 0. The second kappa shape index (κ2) is 10.4. The molecule has 0 aliphatic carbocycles. The fourth-order valence-corrected chi connectivity index (χ4v) is 3.27. The number of allylic oxidation sites excluding steroid dienone is 1. The Morgan fingerprint density at radius 1 is 0.931 bits per heavy atom. The number of carbonyl (C=O) groups is 2. The third-order valence-corrected chi connectivity index (χ3v) is 4.95. The largest absolute Gasteiger partial charge is 0.496 e. The van der Waals surface area contributed by atoms with Crippen molar-refractivity contribution in [2.45, 2.75) is 4.90 Å². The number of benzene rings is 2. The zero-order chi connectivity index (χ0) is 21.4. The van der Waals surface area contributed by atoms with Gasteiger partial charge in [-0.25, -0.2) is 0 Å². The summed E-state index contributed by atoms with van der Waals surface area (Å²) < 4.78 is 21.2. The minimum absolute atomic E-state index is 0.0926. The minimum Gasteiger partial charge on any atom is -0.496 e. The summed E-state index contributed by atoms with van der Waals surface area (Å²) in [5.74, 6) is 0.643. The zero-order valence-electron chi connectivity index (χ0n) is 16.6. The van der Waals surface area contributed by atoms with Crippen LogP contribution in [0.15, 0.2) is 41.3 Å². The molecule has 1 N–H and O–H groups in total. The van der Waals surface area contributed by atoms with Gasteiger partial charge in [-0.1, -0.05) is 6.08 Å². The molecule has 0 heterocycles. The van der Waals surface area contributed by atoms with Crippen LogP contribution in [0.1, 0.15) is 15.9 Å². The lowest BCUT2D eigenvalue weighted by Gasteiger charge is -2.12. The summed E-state index contributed by atoms with van der Waals surface area (Å²) in [5, 5.41) is 8.82. The maximum atomic E-state index is 12.6. The molecule has 0 saturated carbocycles. The van der Waals surface area contributed by atoms with Gasteiger partial charge in [0.15, 0.2) is 17.3 Å². The molecule has 2 aromatic rings. The van der Waals surface area contributed by atoms with Gasteiger partial charge in [0.05, 0.1) is 34.2 Å². The number of hydrogen-bond donors (Lipinski definition) is 1. The van der Waals surface area contributed by atoms with Gasteiger partial charge in [0.25, 0.3) is 0 Å². The van der Waals surface area contributed by atoms with Crippen LogP contribution in [0.25, 0.3) is 6.08 Å². The molecule has 0 spiro atoms. The molecule has 29 heavy (non-hydrogen) atoms. The molecule has 0 aliphatic rings. The number of thioether (sulfide) groups is 1. The van der Waals surface area contributed by atoms with Crippen molar-refractivity contribution in [3.8, 4) is 23.0 Å². The fourth-order valence-electron chi connectivity index (χ4n) is 2.55. The summed E-state index contributed by atoms with van der Waals surface area (Å²) in [6, 6.07) is 8.36. The summed E-state index contributed by atoms with van der Waals surface area (Å²) in [6.07, 6.45) is 3.08. The fraction of sp³-hybridized carbons (Fsp3) is 0.238. The molecule has 2 aromatic carbocycles. The first-order chi connectivity index (χ1) is 13.9. The maximum absolute atomic E-state index is 12.6. The van der Waals surface area contributed by atoms with Gasteiger partial charge in [0, 0.05) is 10.5 Å². The van der Waals surface area contributed by atoms with Crippen molar-refractivity contribution in [3.63, 3.8) is 0 Å². The minimum atomic E-state index is -0.925. The molecule has 0 radical (unpaired) electrons. The molecule has 0 fully saturated rings. The zero-order valence-corrected chi connectivity index (χ0v) is 17.4. The van der Waals surface area contributed by atoms with E-state index >= 15 is 0 Å². The van der Waals surface area contributed by atoms with Crippen LogP contribution >= 0.6 is 11.8 Å². The number of ether oxygens (including phenoxy) is 4. The number of carboxylic acids is 1. The highest BCUT2D eigenvalue weighted by Crippen LogP contribution is 2.38. The second-order valence-corrected chi connectivity index (χ2v) is 6.72. The number of aliphatic carboxylic acids is 1. The van der Waals surface area contributed by atoms with Gasteiger partial charge >= 0.3 is 5.97 Å². The summed E-state index contributed by atoms with van der Waals surface area (Å²) in [4.78, 5) is 24.0. The Hall–Kier alpha value is -3.13. The monoisotopic (exact) mass is 418 g/mol. The Balaban J connectivity index is 2.25. The normalized spacial score (nSPS) is 10.6. The van der Waals surface area contributed by atoms with E-state index in [0.717, 1.165) is 11.8 Å². The smallest absolute Gasteiger partial charge is 0.313 e. The Bertz CT molecular complexity index is 896. The molecule has 8 heteroatoms. The van der Waals surface area contributed by atoms with Crippen molar-refractivity contribution in [2.75, 3.05) is 34.2 Å². The summed E-state index contributed by atoms with van der Waals surface area (Å²) in [5.41, 5.74) is 1.12. The van der Waals surface area contributed by atoms with Crippen LogP contribution in [0.4, 0.5) is 0 Å². The molecule has 0 aliphatic heterocycles. The molecule has 0 unspecified atom stereocenters. The van der Waals surface area contributed by atoms with E-state index in [1.807, 2.05) is 0 Å². The van der Waals surface area contributed by atoms with E-state index in [4.69, 9.17) is 24.1 Å². The van der Waals surface area contributed by atoms with Gasteiger partial charge in [-0.3, -0.25) is 9.59 Å². The molecule has 0 aromatic heterocycles. The lowest BCUT2D eigenvalue weighted by atomic mass is 10.1. The predicted octanol–water partition coefficient (Wildman–Crippen LogP) is 3.79. The number of carbonyl (C=O) groups excluding carboxylic acids is 1. The van der Waals surface area contributed by atoms with Crippen LogP contribution in [0.2, 0.25) is 0 Å². The van der Waals surface area contributed by atoms with Crippen LogP contribution in [0.5, 0.6) is 23.0 Å². The first kappa shape index (κ1) is 22.2. The van der Waals surface area contributed by atoms with E-state index in [1.165, 1.54) is 34.5 Å². The van der Waals surface area contributed by atoms with Gasteiger partial charge < -0.3 is 24.1 Å². The Labute approximate surface area is 173 Å². The molecular weight excluding hydrogens is 396 g/mol. The molecule has 7 nitrogen and oxygen atoms in total. The molecule has 0 amide bonds. The van der Waals surface area contributed by atoms with Crippen LogP contribution in [0, 0.1) is 0 Å². The highest BCUT2D eigenvalue weighted by molar-refractivity contribution is 8.00. The Morgan fingerprint density at radius 2 is 1.55 bits per heavy atom. The first-order valence-electron chi connectivity index (χ1n) is 8.48. The van der Waals surface area contributed by atoms with Gasteiger partial charge in [-0.15, -0.1) is 11.8 Å². The molecular formula is C21H22O7S. The van der Waals surface area contributed by atoms with Gasteiger partial charge in [0.1, 0.15) is 5.75 Å². The van der Waals surface area contributed by atoms with Crippen LogP contribution in [-0.2, 0) is 4.79 Å². The predicted molar refractivity (Wildman–Crippen MR) is 111 cm³/mol. The van der Waals surface area contributed by atoms with E-state index in [-0.39, 0.29) is 11.5 Å². The van der Waals surface area contributed by atoms with Gasteiger partial charge in [-0.05, 0) is 42.0 Å². The van der Waals surface area contributed by atoms with Gasteiger partial charge in [0.2, 0.25) is 5.75 Å². The van der Waals surface area contributed by atoms with E-state index < -0.39 is 5.97 Å². The average Bonchev–Trinajstić information content (AvgIpc) is 2.74. The standard InChI is InChI=1S/C21H22O7S/c1-25-16-11-14(6-8-19(16)29-12-20(23)24)15(22)7-5-13-9-17(26-2)21(28-4)18(10-13)27-3/h5-11H,12H2,1-4H3,(H,23,24)/b7-5-. The average molecular weight is 418 g/mol. The molecule has 0 saturated heterocycles. The van der Waals surface area contributed by atoms with Crippen molar-refractivity contribution in [1.29, 1.82) is 0 Å². The molecule has 0 bridgehead atoms. The van der Waals surface area contributed by atoms with Crippen molar-refractivity contribution in [3.05, 3.63) is 47.5 Å².